The van der Waals surface area contributed by atoms with E-state index in [0.29, 0.717) is 15.9 Å². The molecule has 2 aromatic rings. The number of aliphatic carboxylic acids is 1. The van der Waals surface area contributed by atoms with Crippen molar-refractivity contribution in [3.63, 3.8) is 0 Å². The maximum Gasteiger partial charge on any atom is 0.323 e. The third-order valence-corrected chi connectivity index (χ3v) is 7.60. The largest absolute Gasteiger partial charge is 0.497 e. The minimum absolute atomic E-state index is 0.0141. The predicted octanol–water partition coefficient (Wildman–Crippen LogP) is 3.71. The maximum atomic E-state index is 13.8. The number of amides is 4. The molecule has 2 fully saturated rings. The minimum Gasteiger partial charge on any atom is -0.497 e. The van der Waals surface area contributed by atoms with E-state index in [1.807, 2.05) is 0 Å². The van der Waals surface area contributed by atoms with E-state index in [1.165, 1.54) is 16.0 Å². The Morgan fingerprint density at radius 3 is 2.41 bits per heavy atom. The molecule has 1 saturated carbocycles. The highest BCUT2D eigenvalue weighted by Crippen LogP contribution is 2.29. The summed E-state index contributed by atoms with van der Waals surface area (Å²) < 4.78 is 5.76. The molecule has 3 N–H and O–H groups in total. The van der Waals surface area contributed by atoms with Gasteiger partial charge in [-0.2, -0.15) is 0 Å². The van der Waals surface area contributed by atoms with Gasteiger partial charge in [0.1, 0.15) is 5.75 Å². The first-order valence-corrected chi connectivity index (χ1v) is 13.7. The zero-order valence-corrected chi connectivity index (χ0v) is 23.2. The van der Waals surface area contributed by atoms with Crippen molar-refractivity contribution in [2.24, 2.45) is 5.92 Å². The Morgan fingerprint density at radius 1 is 1.08 bits per heavy atom. The van der Waals surface area contributed by atoms with E-state index in [-0.39, 0.29) is 31.0 Å². The van der Waals surface area contributed by atoms with Gasteiger partial charge in [-0.05, 0) is 65.0 Å². The summed E-state index contributed by atoms with van der Waals surface area (Å²) in [5, 5.41) is 15.2. The lowest BCUT2D eigenvalue weighted by Gasteiger charge is -2.34. The molecule has 4 amide bonds. The van der Waals surface area contributed by atoms with E-state index < -0.39 is 36.0 Å². The lowest BCUT2D eigenvalue weighted by atomic mass is 9.82. The monoisotopic (exact) mass is 601 g/mol. The lowest BCUT2D eigenvalue weighted by Crippen LogP contribution is -2.57. The first kappa shape index (κ1) is 28.3. The number of benzene rings is 1. The number of hydrogen-bond acceptors (Lipinski definition) is 6. The summed E-state index contributed by atoms with van der Waals surface area (Å²) in [5.74, 6) is -1.43. The van der Waals surface area contributed by atoms with Crippen molar-refractivity contribution < 1.29 is 29.0 Å². The number of carbonyl (C=O) groups is 4. The third kappa shape index (κ3) is 7.05. The van der Waals surface area contributed by atoms with Gasteiger partial charge in [0.15, 0.2) is 6.17 Å². The highest BCUT2D eigenvalue weighted by atomic mass is 79.9. The van der Waals surface area contributed by atoms with E-state index in [0.717, 1.165) is 32.1 Å². The number of carboxylic acids is 1. The van der Waals surface area contributed by atoms with Gasteiger partial charge in [0.2, 0.25) is 0 Å². The van der Waals surface area contributed by atoms with Gasteiger partial charge in [0.25, 0.3) is 11.8 Å². The number of nitrogens with one attached hydrogen (secondary N) is 2. The van der Waals surface area contributed by atoms with Crippen LogP contribution in [-0.2, 0) is 9.59 Å². The fourth-order valence-electron chi connectivity index (χ4n) is 5.22. The highest BCUT2D eigenvalue weighted by molar-refractivity contribution is 9.10. The fourth-order valence-corrected chi connectivity index (χ4v) is 5.58. The standard InChI is InChI=1S/C27H32BrN5O6/c1-39-21-9-7-20(8-10-21)30-27(38)33-12-11-32(26(37)18-13-19(28)16-29-15-18)25(33)24(36)31-22(14-23(34)35)17-5-3-2-4-6-17/h7-10,13,15-17,22,25H,2-6,11-12,14H2,1H3,(H,30,38)(H,31,36)(H,34,35). The first-order chi connectivity index (χ1) is 18.8. The van der Waals surface area contributed by atoms with E-state index >= 15 is 0 Å². The molecule has 2 atom stereocenters. The molecule has 4 rings (SSSR count). The number of nitrogens with zero attached hydrogens (tertiary/aromatic N) is 3. The van der Waals surface area contributed by atoms with Gasteiger partial charge in [-0.15, -0.1) is 0 Å². The van der Waals surface area contributed by atoms with E-state index in [9.17, 15) is 24.3 Å². The van der Waals surface area contributed by atoms with Gasteiger partial charge in [0.05, 0.1) is 19.1 Å². The van der Waals surface area contributed by atoms with Crippen LogP contribution in [0.4, 0.5) is 10.5 Å². The van der Waals surface area contributed by atoms with E-state index in [4.69, 9.17) is 4.74 Å². The summed E-state index contributed by atoms with van der Waals surface area (Å²) in [4.78, 5) is 59.0. The van der Waals surface area contributed by atoms with Crippen LogP contribution < -0.4 is 15.4 Å². The van der Waals surface area contributed by atoms with Crippen molar-refractivity contribution in [1.82, 2.24) is 20.1 Å². The zero-order valence-electron chi connectivity index (χ0n) is 21.6. The Bertz CT molecular complexity index is 1200. The molecule has 39 heavy (non-hydrogen) atoms. The van der Waals surface area contributed by atoms with Crippen molar-refractivity contribution in [3.05, 3.63) is 52.8 Å². The molecule has 1 aromatic carbocycles. The number of carbonyl (C=O) groups excluding carboxylic acids is 3. The number of anilines is 1. The number of halogens is 1. The summed E-state index contributed by atoms with van der Waals surface area (Å²) in [5.41, 5.74) is 0.751. The van der Waals surface area contributed by atoms with Crippen LogP contribution in [0.5, 0.6) is 5.75 Å². The Kier molecular flexibility index (Phi) is 9.39. The van der Waals surface area contributed by atoms with Gasteiger partial charge < -0.3 is 25.4 Å². The quantitative estimate of drug-likeness (QED) is 0.419. The van der Waals surface area contributed by atoms with Gasteiger partial charge >= 0.3 is 12.0 Å². The number of hydrogen-bond donors (Lipinski definition) is 3. The summed E-state index contributed by atoms with van der Waals surface area (Å²) in [6.45, 7) is 0.229. The van der Waals surface area contributed by atoms with Crippen molar-refractivity contribution in [1.29, 1.82) is 0 Å². The average molecular weight is 602 g/mol. The number of methoxy groups -OCH3 is 1. The Morgan fingerprint density at radius 2 is 1.77 bits per heavy atom. The first-order valence-electron chi connectivity index (χ1n) is 12.9. The van der Waals surface area contributed by atoms with E-state index in [2.05, 4.69) is 31.5 Å². The number of rotatable bonds is 8. The van der Waals surface area contributed by atoms with Gasteiger partial charge in [-0.3, -0.25) is 24.3 Å². The third-order valence-electron chi connectivity index (χ3n) is 7.16. The van der Waals surface area contributed by atoms with Crippen LogP contribution >= 0.6 is 15.9 Å². The second kappa shape index (κ2) is 12.9. The SMILES string of the molecule is COc1ccc(NC(=O)N2CCN(C(=O)c3cncc(Br)c3)C2C(=O)NC(CC(=O)O)C2CCCCC2)cc1. The van der Waals surface area contributed by atoms with Crippen molar-refractivity contribution in [2.45, 2.75) is 50.7 Å². The smallest absolute Gasteiger partial charge is 0.323 e. The molecule has 1 aliphatic heterocycles. The fraction of sp³-hybridized carbons (Fsp3) is 0.444. The van der Waals surface area contributed by atoms with Crippen LogP contribution in [0.1, 0.15) is 48.9 Å². The Hall–Kier alpha value is -3.67. The molecule has 0 radical (unpaired) electrons. The lowest BCUT2D eigenvalue weighted by molar-refractivity contribution is -0.138. The van der Waals surface area contributed by atoms with Crippen LogP contribution in [0, 0.1) is 5.92 Å². The van der Waals surface area contributed by atoms with Crippen molar-refractivity contribution >= 4 is 45.4 Å². The normalized spacial score (nSPS) is 18.4. The van der Waals surface area contributed by atoms with Gasteiger partial charge in [0, 0.05) is 41.7 Å². The van der Waals surface area contributed by atoms with Crippen LogP contribution in [0.2, 0.25) is 0 Å². The summed E-state index contributed by atoms with van der Waals surface area (Å²) in [7, 11) is 1.54. The molecule has 1 aliphatic carbocycles. The summed E-state index contributed by atoms with van der Waals surface area (Å²) >= 11 is 3.31. The summed E-state index contributed by atoms with van der Waals surface area (Å²) in [6, 6.07) is 7.16. The molecule has 11 nitrogen and oxygen atoms in total. The average Bonchev–Trinajstić information content (AvgIpc) is 3.38. The molecule has 208 valence electrons. The topological polar surface area (TPSA) is 141 Å². The molecule has 0 bridgehead atoms. The molecule has 2 heterocycles. The predicted molar refractivity (Wildman–Crippen MR) is 146 cm³/mol. The molecular weight excluding hydrogens is 570 g/mol. The van der Waals surface area contributed by atoms with Crippen molar-refractivity contribution in [3.8, 4) is 5.75 Å². The number of aromatic nitrogens is 1. The number of pyridine rings is 1. The summed E-state index contributed by atoms with van der Waals surface area (Å²) in [6.07, 6.45) is 6.09. The highest BCUT2D eigenvalue weighted by Gasteiger charge is 2.44. The van der Waals surface area contributed by atoms with E-state index in [1.54, 1.807) is 43.6 Å². The zero-order chi connectivity index (χ0) is 27.9. The van der Waals surface area contributed by atoms with Gasteiger partial charge in [-0.1, -0.05) is 19.3 Å². The van der Waals surface area contributed by atoms with Crippen LogP contribution in [0.3, 0.4) is 0 Å². The molecule has 1 saturated heterocycles. The molecule has 2 unspecified atom stereocenters. The molecular formula is C27H32BrN5O6. The second-order valence-electron chi connectivity index (χ2n) is 9.73. The van der Waals surface area contributed by atoms with Crippen LogP contribution in [-0.4, -0.2) is 76.1 Å². The number of carboxylic acid groups (broad SMARTS) is 1. The van der Waals surface area contributed by atoms with Crippen molar-refractivity contribution in [2.75, 3.05) is 25.5 Å². The second-order valence-corrected chi connectivity index (χ2v) is 10.6. The number of ether oxygens (including phenoxy) is 1. The molecule has 0 spiro atoms. The Balaban J connectivity index is 1.59. The molecule has 12 heteroatoms. The number of urea groups is 1. The van der Waals surface area contributed by atoms with Crippen LogP contribution in [0.15, 0.2) is 47.2 Å². The van der Waals surface area contributed by atoms with Crippen LogP contribution in [0.25, 0.3) is 0 Å². The molecule has 2 aliphatic rings. The Labute approximate surface area is 235 Å². The van der Waals surface area contributed by atoms with Gasteiger partial charge in [-0.25, -0.2) is 4.79 Å². The minimum atomic E-state index is -1.27. The molecule has 1 aromatic heterocycles. The maximum absolute atomic E-state index is 13.8.